The van der Waals surface area contributed by atoms with Crippen LogP contribution < -0.4 is 9.47 Å². The lowest BCUT2D eigenvalue weighted by atomic mass is 9.90. The van der Waals surface area contributed by atoms with Crippen LogP contribution in [0.3, 0.4) is 0 Å². The number of benzene rings is 2. The summed E-state index contributed by atoms with van der Waals surface area (Å²) in [6.07, 6.45) is 2.09. The quantitative estimate of drug-likeness (QED) is 0.608. The summed E-state index contributed by atoms with van der Waals surface area (Å²) in [5.74, 6) is -0.0675. The highest BCUT2D eigenvalue weighted by Crippen LogP contribution is 2.44. The van der Waals surface area contributed by atoms with Gasteiger partial charge in [0.05, 0.1) is 16.9 Å². The third kappa shape index (κ3) is 4.37. The second-order valence-electron chi connectivity index (χ2n) is 7.86. The van der Waals surface area contributed by atoms with E-state index in [2.05, 4.69) is 6.58 Å². The normalized spacial score (nSPS) is 23.1. The molecule has 0 spiro atoms. The fourth-order valence-corrected chi connectivity index (χ4v) is 6.87. The standard InChI is InChI=1S/C23H25NO6S2/c1-3-10-31-22-12-19(16-6-9-20-21(11-16)30-14-29-20)24(13-18(22)23(25)26)32(27,28)17-7-4-15(2)5-8-17/h3-9,11,18-19,22H,1,10,12-14H2,2H3,(H,25,26)/t18-,19+,22-/m1/s1. The van der Waals surface area contributed by atoms with E-state index in [1.807, 2.05) is 13.0 Å². The van der Waals surface area contributed by atoms with Crippen molar-refractivity contribution in [3.63, 3.8) is 0 Å². The molecule has 2 aliphatic rings. The molecule has 0 radical (unpaired) electrons. The second-order valence-corrected chi connectivity index (χ2v) is 11.0. The predicted octanol–water partition coefficient (Wildman–Crippen LogP) is 3.85. The van der Waals surface area contributed by atoms with Gasteiger partial charge < -0.3 is 14.6 Å². The van der Waals surface area contributed by atoms with Crippen molar-refractivity contribution in [2.75, 3.05) is 19.1 Å². The van der Waals surface area contributed by atoms with Crippen molar-refractivity contribution in [1.29, 1.82) is 0 Å². The summed E-state index contributed by atoms with van der Waals surface area (Å²) in [5, 5.41) is 9.63. The Kier molecular flexibility index (Phi) is 6.50. The molecule has 2 heterocycles. The number of fused-ring (bicyclic) bond motifs is 1. The SMILES string of the molecule is C=CCS[C@@H]1C[C@@H](c2ccc3c(c2)OCO3)N(S(=O)(=O)c2ccc(C)cc2)C[C@H]1C(=O)O. The van der Waals surface area contributed by atoms with E-state index in [-0.39, 0.29) is 23.5 Å². The van der Waals surface area contributed by atoms with Gasteiger partial charge in [-0.1, -0.05) is 29.8 Å². The van der Waals surface area contributed by atoms with Crippen LogP contribution in [0, 0.1) is 12.8 Å². The highest BCUT2D eigenvalue weighted by molar-refractivity contribution is 8.00. The Morgan fingerprint density at radius 1 is 1.22 bits per heavy atom. The first-order chi connectivity index (χ1) is 15.3. The lowest BCUT2D eigenvalue weighted by Crippen LogP contribution is -2.49. The topological polar surface area (TPSA) is 93.1 Å². The third-order valence-electron chi connectivity index (χ3n) is 5.78. The van der Waals surface area contributed by atoms with Gasteiger partial charge >= 0.3 is 5.97 Å². The number of sulfonamides is 1. The number of aryl methyl sites for hydroxylation is 1. The van der Waals surface area contributed by atoms with E-state index in [0.29, 0.717) is 23.7 Å². The second kappa shape index (κ2) is 9.17. The van der Waals surface area contributed by atoms with E-state index in [4.69, 9.17) is 9.47 Å². The number of rotatable bonds is 7. The van der Waals surface area contributed by atoms with Crippen LogP contribution in [0.2, 0.25) is 0 Å². The van der Waals surface area contributed by atoms with Crippen molar-refractivity contribution in [1.82, 2.24) is 4.31 Å². The summed E-state index contributed by atoms with van der Waals surface area (Å²) in [4.78, 5) is 12.2. The summed E-state index contributed by atoms with van der Waals surface area (Å²) < 4.78 is 39.5. The van der Waals surface area contributed by atoms with Gasteiger partial charge in [0.2, 0.25) is 16.8 Å². The van der Waals surface area contributed by atoms with Gasteiger partial charge in [0.15, 0.2) is 11.5 Å². The van der Waals surface area contributed by atoms with Crippen molar-refractivity contribution in [2.45, 2.75) is 29.5 Å². The number of carboxylic acids is 1. The van der Waals surface area contributed by atoms with Crippen LogP contribution in [-0.2, 0) is 14.8 Å². The summed E-state index contributed by atoms with van der Waals surface area (Å²) in [5.41, 5.74) is 1.69. The molecule has 2 aromatic carbocycles. The molecule has 1 N–H and O–H groups in total. The lowest BCUT2D eigenvalue weighted by Gasteiger charge is -2.41. The Morgan fingerprint density at radius 3 is 2.62 bits per heavy atom. The highest BCUT2D eigenvalue weighted by Gasteiger charge is 2.45. The molecule has 3 atom stereocenters. The minimum absolute atomic E-state index is 0.112. The van der Waals surface area contributed by atoms with E-state index in [0.717, 1.165) is 11.1 Å². The van der Waals surface area contributed by atoms with Crippen LogP contribution >= 0.6 is 11.8 Å². The Balaban J connectivity index is 1.77. The molecule has 0 amide bonds. The molecule has 4 rings (SSSR count). The van der Waals surface area contributed by atoms with Crippen LogP contribution in [0.5, 0.6) is 11.5 Å². The van der Waals surface area contributed by atoms with E-state index in [9.17, 15) is 18.3 Å². The zero-order valence-electron chi connectivity index (χ0n) is 17.6. The molecule has 9 heteroatoms. The molecule has 0 unspecified atom stereocenters. The number of hydrogen-bond donors (Lipinski definition) is 1. The fourth-order valence-electron chi connectivity index (χ4n) is 4.09. The van der Waals surface area contributed by atoms with Crippen molar-refractivity contribution in [3.8, 4) is 11.5 Å². The first kappa shape index (κ1) is 22.7. The first-order valence-electron chi connectivity index (χ1n) is 10.2. The molecule has 0 saturated carbocycles. The number of carbonyl (C=O) groups is 1. The van der Waals surface area contributed by atoms with E-state index in [1.165, 1.54) is 16.1 Å². The number of hydrogen-bond acceptors (Lipinski definition) is 6. The molecule has 1 fully saturated rings. The molecule has 0 aromatic heterocycles. The van der Waals surface area contributed by atoms with Gasteiger partial charge in [0.25, 0.3) is 0 Å². The van der Waals surface area contributed by atoms with Crippen LogP contribution in [0.1, 0.15) is 23.6 Å². The molecule has 7 nitrogen and oxygen atoms in total. The van der Waals surface area contributed by atoms with Crippen molar-refractivity contribution in [2.24, 2.45) is 5.92 Å². The van der Waals surface area contributed by atoms with Gasteiger partial charge in [-0.2, -0.15) is 16.1 Å². The third-order valence-corrected chi connectivity index (χ3v) is 9.05. The van der Waals surface area contributed by atoms with Crippen molar-refractivity contribution in [3.05, 3.63) is 66.2 Å². The Bertz CT molecular complexity index is 1120. The van der Waals surface area contributed by atoms with Crippen molar-refractivity contribution >= 4 is 27.8 Å². The van der Waals surface area contributed by atoms with Crippen molar-refractivity contribution < 1.29 is 27.8 Å². The van der Waals surface area contributed by atoms with Crippen LogP contribution in [0.15, 0.2) is 60.0 Å². The first-order valence-corrected chi connectivity index (χ1v) is 12.7. The van der Waals surface area contributed by atoms with Gasteiger partial charge in [-0.3, -0.25) is 4.79 Å². The minimum atomic E-state index is -3.93. The monoisotopic (exact) mass is 475 g/mol. The Hall–Kier alpha value is -2.49. The van der Waals surface area contributed by atoms with E-state index >= 15 is 0 Å². The average molecular weight is 476 g/mol. The molecule has 0 aliphatic carbocycles. The smallest absolute Gasteiger partial charge is 0.308 e. The molecule has 32 heavy (non-hydrogen) atoms. The number of thioether (sulfide) groups is 1. The number of aliphatic carboxylic acids is 1. The van der Waals surface area contributed by atoms with Gasteiger partial charge in [0, 0.05) is 17.5 Å². The number of carboxylic acid groups (broad SMARTS) is 1. The van der Waals surface area contributed by atoms with E-state index in [1.54, 1.807) is 42.5 Å². The van der Waals surface area contributed by atoms with Gasteiger partial charge in [0.1, 0.15) is 0 Å². The molecule has 170 valence electrons. The molecule has 2 aromatic rings. The maximum atomic E-state index is 13.7. The molecule has 2 aliphatic heterocycles. The average Bonchev–Trinajstić information content (AvgIpc) is 3.25. The van der Waals surface area contributed by atoms with Crippen LogP contribution in [0.4, 0.5) is 0 Å². The summed E-state index contributed by atoms with van der Waals surface area (Å²) in [6.45, 7) is 5.62. The number of ether oxygens (including phenoxy) is 2. The largest absolute Gasteiger partial charge is 0.481 e. The molecular formula is C23H25NO6S2. The predicted molar refractivity (Wildman–Crippen MR) is 123 cm³/mol. The number of piperidine rings is 1. The Morgan fingerprint density at radius 2 is 1.94 bits per heavy atom. The highest BCUT2D eigenvalue weighted by atomic mass is 32.2. The Labute approximate surface area is 192 Å². The zero-order chi connectivity index (χ0) is 22.9. The van der Waals surface area contributed by atoms with Crippen LogP contribution in [-0.4, -0.2) is 48.1 Å². The molecule has 1 saturated heterocycles. The minimum Gasteiger partial charge on any atom is -0.481 e. The maximum absolute atomic E-state index is 13.7. The fraction of sp³-hybridized carbons (Fsp3) is 0.348. The van der Waals surface area contributed by atoms with Gasteiger partial charge in [-0.25, -0.2) is 8.42 Å². The van der Waals surface area contributed by atoms with Gasteiger partial charge in [-0.05, 0) is 43.2 Å². The summed E-state index contributed by atoms with van der Waals surface area (Å²) >= 11 is 1.49. The number of nitrogens with zero attached hydrogens (tertiary/aromatic N) is 1. The van der Waals surface area contributed by atoms with Crippen LogP contribution in [0.25, 0.3) is 0 Å². The zero-order valence-corrected chi connectivity index (χ0v) is 19.3. The lowest BCUT2D eigenvalue weighted by molar-refractivity contribution is -0.143. The molecule has 0 bridgehead atoms. The maximum Gasteiger partial charge on any atom is 0.308 e. The van der Waals surface area contributed by atoms with E-state index < -0.39 is 28.0 Å². The molecular weight excluding hydrogens is 450 g/mol. The summed E-state index contributed by atoms with van der Waals surface area (Å²) in [7, 11) is -3.93. The summed E-state index contributed by atoms with van der Waals surface area (Å²) in [6, 6.07) is 11.5. The van der Waals surface area contributed by atoms with Gasteiger partial charge in [-0.15, -0.1) is 6.58 Å².